The van der Waals surface area contributed by atoms with Crippen LogP contribution in [-0.2, 0) is 0 Å². The zero-order valence-corrected chi connectivity index (χ0v) is 15.4. The van der Waals surface area contributed by atoms with Gasteiger partial charge in [-0.25, -0.2) is 4.79 Å². The van der Waals surface area contributed by atoms with E-state index < -0.39 is 5.54 Å². The molecule has 2 N–H and O–H groups in total. The van der Waals surface area contributed by atoms with Crippen LogP contribution >= 0.6 is 11.6 Å². The third-order valence-electron chi connectivity index (χ3n) is 3.23. The molecule has 0 saturated heterocycles. The number of nitrogens with one attached hydrogen (secondary N) is 2. The molecular weight excluding hydrogens is 340 g/mol. The molecule has 132 valence electrons. The number of para-hydroxylation sites is 1. The number of anilines is 2. The highest BCUT2D eigenvalue weighted by atomic mass is 35.5. The Balaban J connectivity index is 2.46. The minimum atomic E-state index is -0.391. The average Bonchev–Trinajstić information content (AvgIpc) is 2.55. The summed E-state index contributed by atoms with van der Waals surface area (Å²) in [5, 5.41) is 5.85. The zero-order chi connectivity index (χ0) is 18.6. The van der Waals surface area contributed by atoms with Crippen molar-refractivity contribution >= 4 is 34.9 Å². The Morgan fingerprint density at radius 2 is 1.84 bits per heavy atom. The third kappa shape index (κ3) is 4.70. The quantitative estimate of drug-likeness (QED) is 0.875. The van der Waals surface area contributed by atoms with Gasteiger partial charge in [0.2, 0.25) is 0 Å². The first-order valence-corrected chi connectivity index (χ1v) is 8.15. The fourth-order valence-corrected chi connectivity index (χ4v) is 2.42. The molecule has 1 aromatic heterocycles. The second kappa shape index (κ2) is 7.53. The van der Waals surface area contributed by atoms with Crippen LogP contribution in [0.2, 0.25) is 5.02 Å². The third-order valence-corrected chi connectivity index (χ3v) is 3.55. The van der Waals surface area contributed by atoms with Gasteiger partial charge < -0.3 is 10.6 Å². The van der Waals surface area contributed by atoms with E-state index in [4.69, 9.17) is 11.6 Å². The smallest absolute Gasteiger partial charge is 0.326 e. The molecule has 6 nitrogen and oxygen atoms in total. The van der Waals surface area contributed by atoms with Crippen LogP contribution in [-0.4, -0.2) is 29.5 Å². The van der Waals surface area contributed by atoms with Crippen LogP contribution in [0.3, 0.4) is 0 Å². The average molecular weight is 361 g/mol. The molecule has 0 aliphatic rings. The number of carbonyl (C=O) groups is 2. The van der Waals surface area contributed by atoms with Gasteiger partial charge in [-0.15, -0.1) is 0 Å². The number of hydrogen-bond acceptors (Lipinski definition) is 3. The summed E-state index contributed by atoms with van der Waals surface area (Å²) in [6, 6.07) is 9.82. The highest BCUT2D eigenvalue weighted by Gasteiger charge is 2.22. The van der Waals surface area contributed by atoms with Gasteiger partial charge in [-0.05, 0) is 45.0 Å². The molecule has 0 saturated carbocycles. The maximum Gasteiger partial charge on any atom is 0.326 e. The molecule has 1 heterocycles. The van der Waals surface area contributed by atoms with Crippen molar-refractivity contribution in [2.75, 3.05) is 11.9 Å². The van der Waals surface area contributed by atoms with Crippen molar-refractivity contribution in [2.45, 2.75) is 26.3 Å². The van der Waals surface area contributed by atoms with E-state index in [1.54, 1.807) is 36.4 Å². The molecule has 0 aliphatic carbocycles. The molecule has 0 bridgehead atoms. The molecule has 25 heavy (non-hydrogen) atoms. The summed E-state index contributed by atoms with van der Waals surface area (Å²) in [6.07, 6.45) is 1.49. The van der Waals surface area contributed by atoms with Crippen molar-refractivity contribution in [1.82, 2.24) is 15.6 Å². The summed E-state index contributed by atoms with van der Waals surface area (Å²) in [4.78, 5) is 30.3. The van der Waals surface area contributed by atoms with Crippen molar-refractivity contribution in [1.29, 1.82) is 0 Å². The lowest BCUT2D eigenvalue weighted by atomic mass is 10.1. The zero-order valence-electron chi connectivity index (χ0n) is 14.6. The second-order valence-electron chi connectivity index (χ2n) is 6.45. The molecular formula is C18H21ClN4O2. The van der Waals surface area contributed by atoms with E-state index in [0.29, 0.717) is 16.4 Å². The monoisotopic (exact) mass is 360 g/mol. The first-order valence-electron chi connectivity index (χ1n) is 7.78. The van der Waals surface area contributed by atoms with E-state index in [0.717, 1.165) is 0 Å². The number of nitrogens with zero attached hydrogens (tertiary/aromatic N) is 2. The molecule has 1 aromatic carbocycles. The van der Waals surface area contributed by atoms with Crippen molar-refractivity contribution in [2.24, 2.45) is 0 Å². The Morgan fingerprint density at radius 1 is 1.16 bits per heavy atom. The van der Waals surface area contributed by atoms with Crippen LogP contribution in [0, 0.1) is 0 Å². The number of benzene rings is 1. The maximum atomic E-state index is 12.4. The predicted molar refractivity (Wildman–Crippen MR) is 99.5 cm³/mol. The molecule has 0 unspecified atom stereocenters. The van der Waals surface area contributed by atoms with Crippen molar-refractivity contribution in [3.63, 3.8) is 0 Å². The number of urea groups is 1. The second-order valence-corrected chi connectivity index (χ2v) is 6.85. The van der Waals surface area contributed by atoms with Gasteiger partial charge in [0.25, 0.3) is 5.91 Å². The number of hydrogen-bond donors (Lipinski definition) is 2. The van der Waals surface area contributed by atoms with E-state index >= 15 is 0 Å². The van der Waals surface area contributed by atoms with Gasteiger partial charge in [0.1, 0.15) is 5.69 Å². The number of aromatic nitrogens is 1. The van der Waals surface area contributed by atoms with Crippen LogP contribution in [0.25, 0.3) is 0 Å². The van der Waals surface area contributed by atoms with Crippen LogP contribution in [0.4, 0.5) is 16.2 Å². The van der Waals surface area contributed by atoms with Gasteiger partial charge in [-0.3, -0.25) is 14.7 Å². The van der Waals surface area contributed by atoms with Crippen molar-refractivity contribution in [3.8, 4) is 0 Å². The van der Waals surface area contributed by atoms with Gasteiger partial charge in [0.05, 0.1) is 16.4 Å². The van der Waals surface area contributed by atoms with Gasteiger partial charge in [-0.2, -0.15) is 0 Å². The van der Waals surface area contributed by atoms with E-state index in [2.05, 4.69) is 15.6 Å². The molecule has 0 fully saturated rings. The molecule has 0 spiro atoms. The van der Waals surface area contributed by atoms with Crippen molar-refractivity contribution in [3.05, 3.63) is 53.3 Å². The number of amides is 3. The summed E-state index contributed by atoms with van der Waals surface area (Å²) >= 11 is 6.24. The SMILES string of the molecule is CNC(=O)N(c1ccnc(C(=O)NC(C)(C)C)c1)c1ccccc1Cl. The minimum absolute atomic E-state index is 0.216. The number of rotatable bonds is 3. The molecule has 0 aliphatic heterocycles. The first kappa shape index (κ1) is 18.7. The highest BCUT2D eigenvalue weighted by Crippen LogP contribution is 2.31. The van der Waals surface area contributed by atoms with E-state index in [-0.39, 0.29) is 17.6 Å². The first-order chi connectivity index (χ1) is 11.7. The Bertz CT molecular complexity index is 787. The van der Waals surface area contributed by atoms with Crippen LogP contribution < -0.4 is 15.5 Å². The Morgan fingerprint density at radius 3 is 2.44 bits per heavy atom. The Labute approximate surface area is 152 Å². The Hall–Kier alpha value is -2.60. The van der Waals surface area contributed by atoms with E-state index in [9.17, 15) is 9.59 Å². The topological polar surface area (TPSA) is 74.3 Å². The number of carbonyl (C=O) groups excluding carboxylic acids is 2. The van der Waals surface area contributed by atoms with Crippen molar-refractivity contribution < 1.29 is 9.59 Å². The summed E-state index contributed by atoms with van der Waals surface area (Å²) in [5.41, 5.74) is 0.824. The lowest BCUT2D eigenvalue weighted by Gasteiger charge is -2.24. The van der Waals surface area contributed by atoms with Crippen LogP contribution in [0.1, 0.15) is 31.3 Å². The fourth-order valence-electron chi connectivity index (χ4n) is 2.20. The number of pyridine rings is 1. The molecule has 0 atom stereocenters. The lowest BCUT2D eigenvalue weighted by molar-refractivity contribution is 0.0914. The molecule has 3 amide bonds. The van der Waals surface area contributed by atoms with E-state index in [1.807, 2.05) is 20.8 Å². The van der Waals surface area contributed by atoms with Crippen LogP contribution in [0.5, 0.6) is 0 Å². The molecule has 7 heteroatoms. The standard InChI is InChI=1S/C18H21ClN4O2/c1-18(2,3)22-16(24)14-11-12(9-10-21-14)23(17(25)20-4)15-8-6-5-7-13(15)19/h5-11H,1-4H3,(H,20,25)(H,22,24). The summed E-state index contributed by atoms with van der Waals surface area (Å²) in [5.74, 6) is -0.314. The summed E-state index contributed by atoms with van der Waals surface area (Å²) in [7, 11) is 1.53. The normalized spacial score (nSPS) is 10.9. The van der Waals surface area contributed by atoms with Gasteiger partial charge in [0.15, 0.2) is 0 Å². The fraction of sp³-hybridized carbons (Fsp3) is 0.278. The number of halogens is 1. The van der Waals surface area contributed by atoms with Gasteiger partial charge in [0, 0.05) is 18.8 Å². The van der Waals surface area contributed by atoms with E-state index in [1.165, 1.54) is 18.1 Å². The highest BCUT2D eigenvalue weighted by molar-refractivity contribution is 6.34. The predicted octanol–water partition coefficient (Wildman–Crippen LogP) is 3.74. The van der Waals surface area contributed by atoms with Gasteiger partial charge in [-0.1, -0.05) is 23.7 Å². The largest absolute Gasteiger partial charge is 0.346 e. The summed E-state index contributed by atoms with van der Waals surface area (Å²) in [6.45, 7) is 5.65. The Kier molecular flexibility index (Phi) is 5.64. The molecule has 0 radical (unpaired) electrons. The molecule has 2 aromatic rings. The minimum Gasteiger partial charge on any atom is -0.346 e. The maximum absolute atomic E-state index is 12.4. The van der Waals surface area contributed by atoms with Crippen LogP contribution in [0.15, 0.2) is 42.6 Å². The summed E-state index contributed by atoms with van der Waals surface area (Å²) < 4.78 is 0. The van der Waals surface area contributed by atoms with Gasteiger partial charge >= 0.3 is 6.03 Å². The lowest BCUT2D eigenvalue weighted by Crippen LogP contribution is -2.41. The molecule has 2 rings (SSSR count).